The molecule has 1 aliphatic heterocycles. The lowest BCUT2D eigenvalue weighted by molar-refractivity contribution is 0.106. The number of nitrogens with two attached hydrogens (primary N) is 1. The molecule has 130 valence electrons. The van der Waals surface area contributed by atoms with Crippen LogP contribution in [0.5, 0.6) is 5.75 Å². The number of rotatable bonds is 4. The van der Waals surface area contributed by atoms with Gasteiger partial charge in [0.25, 0.3) is 0 Å². The van der Waals surface area contributed by atoms with E-state index in [1.807, 2.05) is 18.2 Å². The number of aryl methyl sites for hydroxylation is 1. The SMILES string of the molecule is CCc1ccc(OC2CCC2)c(C2(O)C(N)=Nc3ccc(Cl)cc32)c1. The number of ether oxygens (including phenoxy) is 1. The molecule has 3 N–H and O–H groups in total. The van der Waals surface area contributed by atoms with Crippen molar-refractivity contribution >= 4 is 23.1 Å². The molecule has 1 aliphatic carbocycles. The summed E-state index contributed by atoms with van der Waals surface area (Å²) in [4.78, 5) is 4.36. The monoisotopic (exact) mass is 356 g/mol. The Kier molecular flexibility index (Phi) is 3.97. The van der Waals surface area contributed by atoms with Gasteiger partial charge in [0.05, 0.1) is 11.8 Å². The lowest BCUT2D eigenvalue weighted by Gasteiger charge is -2.32. The van der Waals surface area contributed by atoms with E-state index in [1.165, 1.54) is 6.42 Å². The minimum Gasteiger partial charge on any atom is -0.490 e. The first-order valence-corrected chi connectivity index (χ1v) is 9.07. The van der Waals surface area contributed by atoms with Crippen molar-refractivity contribution in [2.24, 2.45) is 10.7 Å². The molecule has 0 radical (unpaired) electrons. The molecule has 1 fully saturated rings. The summed E-state index contributed by atoms with van der Waals surface area (Å²) in [5, 5.41) is 12.2. The first-order valence-electron chi connectivity index (χ1n) is 8.69. The Hall–Kier alpha value is -2.04. The Bertz CT molecular complexity index is 861. The van der Waals surface area contributed by atoms with Crippen molar-refractivity contribution in [3.8, 4) is 5.75 Å². The Labute approximate surface area is 152 Å². The van der Waals surface area contributed by atoms with Crippen LogP contribution in [0.1, 0.15) is 42.9 Å². The average Bonchev–Trinajstić information content (AvgIpc) is 2.83. The number of aliphatic imine (C=N–C) groups is 1. The third kappa shape index (κ3) is 2.60. The summed E-state index contributed by atoms with van der Waals surface area (Å²) in [5.74, 6) is 0.812. The van der Waals surface area contributed by atoms with Gasteiger partial charge in [0.2, 0.25) is 0 Å². The quantitative estimate of drug-likeness (QED) is 0.867. The standard InChI is InChI=1S/C20H21ClN2O2/c1-2-12-6-9-18(25-14-4-3-5-14)16(10-12)20(24)15-11-13(21)7-8-17(15)23-19(20)22/h6-11,14,24H,2-5H2,1H3,(H2,22,23). The fraction of sp³-hybridized carbons (Fsp3) is 0.350. The van der Waals surface area contributed by atoms with Crippen molar-refractivity contribution < 1.29 is 9.84 Å². The van der Waals surface area contributed by atoms with E-state index in [0.29, 0.717) is 27.6 Å². The van der Waals surface area contributed by atoms with Crippen LogP contribution in [0, 0.1) is 0 Å². The normalized spacial score (nSPS) is 22.3. The predicted molar refractivity (Wildman–Crippen MR) is 99.8 cm³/mol. The third-order valence-electron chi connectivity index (χ3n) is 5.15. The summed E-state index contributed by atoms with van der Waals surface area (Å²) in [7, 11) is 0. The molecule has 4 rings (SSSR count). The first-order chi connectivity index (χ1) is 12.0. The summed E-state index contributed by atoms with van der Waals surface area (Å²) in [5.41, 5.74) is 7.65. The number of halogens is 1. The van der Waals surface area contributed by atoms with E-state index in [-0.39, 0.29) is 11.9 Å². The zero-order valence-corrected chi connectivity index (χ0v) is 14.9. The van der Waals surface area contributed by atoms with Gasteiger partial charge in [0.15, 0.2) is 5.60 Å². The van der Waals surface area contributed by atoms with Crippen molar-refractivity contribution in [2.75, 3.05) is 0 Å². The number of nitrogens with zero attached hydrogens (tertiary/aromatic N) is 1. The fourth-order valence-corrected chi connectivity index (χ4v) is 3.55. The average molecular weight is 357 g/mol. The van der Waals surface area contributed by atoms with Gasteiger partial charge in [-0.1, -0.05) is 24.6 Å². The van der Waals surface area contributed by atoms with Crippen molar-refractivity contribution in [3.05, 3.63) is 58.1 Å². The smallest absolute Gasteiger partial charge is 0.178 e. The van der Waals surface area contributed by atoms with Gasteiger partial charge < -0.3 is 15.6 Å². The molecule has 1 unspecified atom stereocenters. The van der Waals surface area contributed by atoms with E-state index in [9.17, 15) is 5.11 Å². The lowest BCUT2D eigenvalue weighted by Crippen LogP contribution is -2.40. The van der Waals surface area contributed by atoms with E-state index < -0.39 is 5.60 Å². The molecule has 2 aromatic rings. The fourth-order valence-electron chi connectivity index (χ4n) is 3.38. The predicted octanol–water partition coefficient (Wildman–Crippen LogP) is 4.07. The van der Waals surface area contributed by atoms with Crippen LogP contribution in [0.3, 0.4) is 0 Å². The van der Waals surface area contributed by atoms with Gasteiger partial charge in [-0.2, -0.15) is 0 Å². The molecule has 5 heteroatoms. The number of aliphatic hydroxyl groups is 1. The molecule has 0 amide bonds. The van der Waals surface area contributed by atoms with Crippen LogP contribution in [0.15, 0.2) is 41.4 Å². The Morgan fingerprint density at radius 3 is 2.72 bits per heavy atom. The highest BCUT2D eigenvalue weighted by Crippen LogP contribution is 2.46. The molecule has 0 bridgehead atoms. The molecule has 1 heterocycles. The second kappa shape index (κ2) is 6.04. The summed E-state index contributed by atoms with van der Waals surface area (Å²) < 4.78 is 6.15. The number of benzene rings is 2. The molecule has 1 atom stereocenters. The summed E-state index contributed by atoms with van der Waals surface area (Å²) in [6.07, 6.45) is 4.32. The van der Waals surface area contributed by atoms with Gasteiger partial charge in [0.1, 0.15) is 11.6 Å². The van der Waals surface area contributed by atoms with Crippen LogP contribution in [-0.4, -0.2) is 17.0 Å². The molecule has 1 saturated carbocycles. The summed E-state index contributed by atoms with van der Waals surface area (Å²) in [6, 6.07) is 11.2. The number of hydrogen-bond acceptors (Lipinski definition) is 4. The molecule has 0 aromatic heterocycles. The van der Waals surface area contributed by atoms with Gasteiger partial charge in [-0.25, -0.2) is 4.99 Å². The highest BCUT2D eigenvalue weighted by Gasteiger charge is 2.45. The van der Waals surface area contributed by atoms with Crippen molar-refractivity contribution in [3.63, 3.8) is 0 Å². The lowest BCUT2D eigenvalue weighted by atomic mass is 9.84. The second-order valence-corrected chi connectivity index (χ2v) is 7.16. The van der Waals surface area contributed by atoms with Crippen molar-refractivity contribution in [2.45, 2.75) is 44.3 Å². The minimum absolute atomic E-state index is 0.150. The third-order valence-corrected chi connectivity index (χ3v) is 5.38. The molecular weight excluding hydrogens is 336 g/mol. The maximum absolute atomic E-state index is 11.6. The van der Waals surface area contributed by atoms with E-state index in [0.717, 1.165) is 24.8 Å². The van der Waals surface area contributed by atoms with Crippen molar-refractivity contribution in [1.82, 2.24) is 0 Å². The molecule has 2 aliphatic rings. The van der Waals surface area contributed by atoms with E-state index >= 15 is 0 Å². The van der Waals surface area contributed by atoms with Crippen molar-refractivity contribution in [1.29, 1.82) is 0 Å². The Morgan fingerprint density at radius 1 is 1.24 bits per heavy atom. The molecule has 2 aromatic carbocycles. The maximum atomic E-state index is 11.6. The number of hydrogen-bond donors (Lipinski definition) is 2. The highest BCUT2D eigenvalue weighted by atomic mass is 35.5. The largest absolute Gasteiger partial charge is 0.490 e. The van der Waals surface area contributed by atoms with Gasteiger partial charge >= 0.3 is 0 Å². The van der Waals surface area contributed by atoms with Gasteiger partial charge in [0, 0.05) is 16.1 Å². The van der Waals surface area contributed by atoms with Crippen LogP contribution in [-0.2, 0) is 12.0 Å². The zero-order chi connectivity index (χ0) is 17.6. The highest BCUT2D eigenvalue weighted by molar-refractivity contribution is 6.30. The summed E-state index contributed by atoms with van der Waals surface area (Å²) >= 11 is 6.17. The van der Waals surface area contributed by atoms with Gasteiger partial charge in [-0.05, 0) is 61.6 Å². The van der Waals surface area contributed by atoms with E-state index in [4.69, 9.17) is 22.1 Å². The maximum Gasteiger partial charge on any atom is 0.178 e. The molecule has 4 nitrogen and oxygen atoms in total. The molecular formula is C20H21ClN2O2. The molecule has 0 spiro atoms. The second-order valence-electron chi connectivity index (χ2n) is 6.72. The van der Waals surface area contributed by atoms with Crippen LogP contribution >= 0.6 is 11.6 Å². The van der Waals surface area contributed by atoms with E-state index in [2.05, 4.69) is 11.9 Å². The Balaban J connectivity index is 1.88. The van der Waals surface area contributed by atoms with Crippen LogP contribution in [0.4, 0.5) is 5.69 Å². The number of amidine groups is 1. The van der Waals surface area contributed by atoms with E-state index in [1.54, 1.807) is 18.2 Å². The van der Waals surface area contributed by atoms with Crippen LogP contribution in [0.25, 0.3) is 0 Å². The van der Waals surface area contributed by atoms with Gasteiger partial charge in [-0.15, -0.1) is 0 Å². The summed E-state index contributed by atoms with van der Waals surface area (Å²) in [6.45, 7) is 2.08. The zero-order valence-electron chi connectivity index (χ0n) is 14.1. The van der Waals surface area contributed by atoms with Crippen LogP contribution in [0.2, 0.25) is 5.02 Å². The topological polar surface area (TPSA) is 67.8 Å². The minimum atomic E-state index is -1.52. The first kappa shape index (κ1) is 16.4. The molecule has 0 saturated heterocycles. The Morgan fingerprint density at radius 2 is 2.04 bits per heavy atom. The van der Waals surface area contributed by atoms with Crippen LogP contribution < -0.4 is 10.5 Å². The van der Waals surface area contributed by atoms with Gasteiger partial charge in [-0.3, -0.25) is 0 Å². The number of fused-ring (bicyclic) bond motifs is 1. The molecule has 25 heavy (non-hydrogen) atoms.